The number of rotatable bonds is 9. The van der Waals surface area contributed by atoms with Gasteiger partial charge in [-0.2, -0.15) is 0 Å². The van der Waals surface area contributed by atoms with E-state index < -0.39 is 12.3 Å². The molecule has 5 nitrogen and oxygen atoms in total. The number of aryl methyl sites for hydroxylation is 2. The molecule has 2 rings (SSSR count). The van der Waals surface area contributed by atoms with E-state index in [2.05, 4.69) is 19.9 Å². The molecule has 1 aromatic rings. The van der Waals surface area contributed by atoms with Crippen LogP contribution >= 0.6 is 0 Å². The Morgan fingerprint density at radius 3 is 2.50 bits per heavy atom. The van der Waals surface area contributed by atoms with Gasteiger partial charge in [0.05, 0.1) is 13.2 Å². The summed E-state index contributed by atoms with van der Waals surface area (Å²) < 4.78 is 21.9. The van der Waals surface area contributed by atoms with E-state index in [0.29, 0.717) is 19.0 Å². The van der Waals surface area contributed by atoms with Crippen LogP contribution < -0.4 is 4.74 Å². The number of hydrogen-bond donors (Lipinski definition) is 0. The Hall–Kier alpha value is -1.59. The topological polar surface area (TPSA) is 54.0 Å². The maximum absolute atomic E-state index is 12.0. The molecule has 0 spiro atoms. The molecule has 5 heteroatoms. The lowest BCUT2D eigenvalue weighted by atomic mass is 10.1. The van der Waals surface area contributed by atoms with Gasteiger partial charge in [-0.3, -0.25) is 0 Å². The summed E-state index contributed by atoms with van der Waals surface area (Å²) >= 11 is 0. The Labute approximate surface area is 157 Å². The molecule has 0 unspecified atom stereocenters. The van der Waals surface area contributed by atoms with Crippen LogP contribution in [0.1, 0.15) is 63.5 Å². The van der Waals surface area contributed by atoms with E-state index in [1.807, 2.05) is 19.1 Å². The van der Waals surface area contributed by atoms with Crippen molar-refractivity contribution >= 4 is 6.16 Å². The number of carbonyl (C=O) groups excluding carboxylic acids is 1. The van der Waals surface area contributed by atoms with Gasteiger partial charge in [0.25, 0.3) is 0 Å². The third-order valence-electron chi connectivity index (χ3n) is 4.49. The van der Waals surface area contributed by atoms with E-state index >= 15 is 0 Å². The van der Waals surface area contributed by atoms with Crippen molar-refractivity contribution in [3.63, 3.8) is 0 Å². The van der Waals surface area contributed by atoms with Gasteiger partial charge < -0.3 is 18.9 Å². The van der Waals surface area contributed by atoms with Crippen LogP contribution in [0.4, 0.5) is 4.79 Å². The molecule has 1 aliphatic rings. The highest BCUT2D eigenvalue weighted by Gasteiger charge is 2.25. The monoisotopic (exact) mass is 364 g/mol. The van der Waals surface area contributed by atoms with Gasteiger partial charge in [0.1, 0.15) is 5.75 Å². The first kappa shape index (κ1) is 20.7. The third-order valence-corrected chi connectivity index (χ3v) is 4.49. The fraction of sp³-hybridized carbons (Fsp3) is 0.667. The van der Waals surface area contributed by atoms with E-state index in [-0.39, 0.29) is 6.29 Å². The Bertz CT molecular complexity index is 549. The van der Waals surface area contributed by atoms with E-state index in [9.17, 15) is 4.79 Å². The van der Waals surface area contributed by atoms with Gasteiger partial charge in [0.15, 0.2) is 12.4 Å². The highest BCUT2D eigenvalue weighted by atomic mass is 16.8. The van der Waals surface area contributed by atoms with Gasteiger partial charge in [-0.15, -0.1) is 0 Å². The van der Waals surface area contributed by atoms with Crippen LogP contribution in [0.3, 0.4) is 0 Å². The lowest BCUT2D eigenvalue weighted by molar-refractivity contribution is -0.220. The number of benzene rings is 1. The zero-order valence-electron chi connectivity index (χ0n) is 16.3. The summed E-state index contributed by atoms with van der Waals surface area (Å²) in [5, 5.41) is 0. The molecule has 1 aliphatic heterocycles. The molecule has 1 fully saturated rings. The fourth-order valence-corrected chi connectivity index (χ4v) is 2.93. The predicted molar refractivity (Wildman–Crippen MR) is 101 cm³/mol. The van der Waals surface area contributed by atoms with E-state index in [1.165, 1.54) is 18.4 Å². The lowest BCUT2D eigenvalue weighted by Crippen LogP contribution is -2.39. The van der Waals surface area contributed by atoms with E-state index in [1.54, 1.807) is 0 Å². The predicted octanol–water partition coefficient (Wildman–Crippen LogP) is 5.17. The first-order valence-corrected chi connectivity index (χ1v) is 9.83. The number of hydrogen-bond acceptors (Lipinski definition) is 5. The molecule has 0 amide bonds. The molecule has 1 heterocycles. The van der Waals surface area contributed by atoms with Crippen LogP contribution in [0.15, 0.2) is 18.2 Å². The summed E-state index contributed by atoms with van der Waals surface area (Å²) in [5.41, 5.74) is 2.19. The molecule has 0 atom stereocenters. The average Bonchev–Trinajstić information content (AvgIpc) is 2.63. The Balaban J connectivity index is 1.74. The van der Waals surface area contributed by atoms with Crippen molar-refractivity contribution < 1.29 is 23.7 Å². The van der Waals surface area contributed by atoms with Crippen LogP contribution in [-0.2, 0) is 20.6 Å². The smallest absolute Gasteiger partial charge is 0.426 e. The van der Waals surface area contributed by atoms with Crippen LogP contribution in [0, 0.1) is 6.92 Å². The maximum atomic E-state index is 12.0. The standard InChI is InChI=1S/C21H32O5/c1-4-6-8-10-20-23-14-18(15-24-20)25-21(22)26-19-12-11-17(9-7-5-2)13-16(19)3/h11-13,18,20H,4-10,14-15H2,1-3H3. The second-order valence-corrected chi connectivity index (χ2v) is 6.89. The lowest BCUT2D eigenvalue weighted by Gasteiger charge is -2.28. The van der Waals surface area contributed by atoms with Crippen molar-refractivity contribution in [3.05, 3.63) is 29.3 Å². The van der Waals surface area contributed by atoms with Crippen LogP contribution in [-0.4, -0.2) is 31.8 Å². The minimum Gasteiger partial charge on any atom is -0.426 e. The van der Waals surface area contributed by atoms with Gasteiger partial charge in [0, 0.05) is 0 Å². The minimum atomic E-state index is -0.712. The van der Waals surface area contributed by atoms with E-state index in [0.717, 1.165) is 37.7 Å². The molecule has 1 aromatic carbocycles. The summed E-state index contributed by atoms with van der Waals surface area (Å²) in [6.45, 7) is 6.97. The quantitative estimate of drug-likeness (QED) is 0.343. The summed E-state index contributed by atoms with van der Waals surface area (Å²) in [4.78, 5) is 12.0. The summed E-state index contributed by atoms with van der Waals surface area (Å²) in [7, 11) is 0. The van der Waals surface area contributed by atoms with Crippen LogP contribution in [0.2, 0.25) is 0 Å². The molecular weight excluding hydrogens is 332 g/mol. The molecule has 26 heavy (non-hydrogen) atoms. The Morgan fingerprint density at radius 2 is 1.85 bits per heavy atom. The van der Waals surface area contributed by atoms with Crippen molar-refractivity contribution in [2.24, 2.45) is 0 Å². The SMILES string of the molecule is CCCCCC1OCC(OC(=O)Oc2ccc(CCCC)cc2C)CO1. The maximum Gasteiger partial charge on any atom is 0.514 e. The Kier molecular flexibility index (Phi) is 8.92. The van der Waals surface area contributed by atoms with Crippen LogP contribution in [0.25, 0.3) is 0 Å². The average molecular weight is 364 g/mol. The van der Waals surface area contributed by atoms with Crippen LogP contribution in [0.5, 0.6) is 5.75 Å². The van der Waals surface area contributed by atoms with Crippen molar-refractivity contribution in [3.8, 4) is 5.75 Å². The van der Waals surface area contributed by atoms with E-state index in [4.69, 9.17) is 18.9 Å². The zero-order valence-corrected chi connectivity index (χ0v) is 16.3. The van der Waals surface area contributed by atoms with Gasteiger partial charge in [0.2, 0.25) is 0 Å². The van der Waals surface area contributed by atoms with Gasteiger partial charge >= 0.3 is 6.16 Å². The normalized spacial score (nSPS) is 20.0. The molecule has 1 saturated heterocycles. The summed E-state index contributed by atoms with van der Waals surface area (Å²) in [6.07, 6.45) is 6.35. The van der Waals surface area contributed by atoms with Crippen molar-refractivity contribution in [1.29, 1.82) is 0 Å². The molecule has 0 bridgehead atoms. The highest BCUT2D eigenvalue weighted by Crippen LogP contribution is 2.21. The van der Waals surface area contributed by atoms with Gasteiger partial charge in [-0.1, -0.05) is 45.2 Å². The number of unbranched alkanes of at least 4 members (excludes halogenated alkanes) is 3. The van der Waals surface area contributed by atoms with Gasteiger partial charge in [-0.25, -0.2) is 4.79 Å². The minimum absolute atomic E-state index is 0.185. The molecule has 146 valence electrons. The Morgan fingerprint density at radius 1 is 1.12 bits per heavy atom. The van der Waals surface area contributed by atoms with Crippen molar-refractivity contribution in [2.45, 2.75) is 78.1 Å². The third kappa shape index (κ3) is 6.96. The highest BCUT2D eigenvalue weighted by molar-refractivity contribution is 5.64. The largest absolute Gasteiger partial charge is 0.514 e. The second kappa shape index (κ2) is 11.2. The number of carbonyl (C=O) groups is 1. The van der Waals surface area contributed by atoms with Crippen molar-refractivity contribution in [2.75, 3.05) is 13.2 Å². The molecule has 0 aromatic heterocycles. The molecule has 0 radical (unpaired) electrons. The fourth-order valence-electron chi connectivity index (χ4n) is 2.93. The number of ether oxygens (including phenoxy) is 4. The van der Waals surface area contributed by atoms with Crippen molar-refractivity contribution in [1.82, 2.24) is 0 Å². The molecule has 0 saturated carbocycles. The molecule has 0 N–H and O–H groups in total. The molecule has 0 aliphatic carbocycles. The second-order valence-electron chi connectivity index (χ2n) is 6.89. The first-order chi connectivity index (χ1) is 12.6. The molecular formula is C21H32O5. The first-order valence-electron chi connectivity index (χ1n) is 9.83. The summed E-state index contributed by atoms with van der Waals surface area (Å²) in [6, 6.07) is 5.89. The van der Waals surface area contributed by atoms with Gasteiger partial charge in [-0.05, 0) is 49.8 Å². The summed E-state index contributed by atoms with van der Waals surface area (Å²) in [5.74, 6) is 0.533. The zero-order chi connectivity index (χ0) is 18.8.